The van der Waals surface area contributed by atoms with Gasteiger partial charge < -0.3 is 0 Å². The first-order chi connectivity index (χ1) is 13.7. The first kappa shape index (κ1) is 26.6. The number of carbonyl (C=O) groups is 2. The summed E-state index contributed by atoms with van der Waals surface area (Å²) >= 11 is 0. The van der Waals surface area contributed by atoms with Gasteiger partial charge in [0.1, 0.15) is 0 Å². The summed E-state index contributed by atoms with van der Waals surface area (Å²) < 4.78 is 0. The van der Waals surface area contributed by atoms with Gasteiger partial charge in [0.05, 0.1) is 5.92 Å². The molecule has 0 aliphatic heterocycles. The molecule has 0 aromatic heterocycles. The second-order valence-electron chi connectivity index (χ2n) is 7.70. The van der Waals surface area contributed by atoms with Crippen LogP contribution in [0.25, 0.3) is 0 Å². The lowest BCUT2D eigenvalue weighted by atomic mass is 10.0. The number of carbonyl (C=O) groups excluding carboxylic acids is 2. The Balaban J connectivity index is 3.53. The Hall–Kier alpha value is -1.40. The fourth-order valence-electron chi connectivity index (χ4n) is 3.33. The van der Waals surface area contributed by atoms with Crippen molar-refractivity contribution in [3.05, 3.63) is 12.2 Å². The van der Waals surface area contributed by atoms with Gasteiger partial charge >= 0.3 is 0 Å². The van der Waals surface area contributed by atoms with Crippen molar-refractivity contribution in [2.45, 2.75) is 110 Å². The molecule has 0 aromatic rings. The van der Waals surface area contributed by atoms with E-state index in [2.05, 4.69) is 12.3 Å². The van der Waals surface area contributed by atoms with Crippen molar-refractivity contribution in [3.8, 4) is 0 Å². The van der Waals surface area contributed by atoms with E-state index in [0.29, 0.717) is 0 Å². The van der Waals surface area contributed by atoms with Crippen LogP contribution in [0.1, 0.15) is 110 Å². The molecule has 1 atom stereocenters. The average Bonchev–Trinajstić information content (AvgIpc) is 2.71. The van der Waals surface area contributed by atoms with Gasteiger partial charge in [-0.2, -0.15) is 0 Å². The largest absolute Gasteiger partial charge is 0.294 e. The van der Waals surface area contributed by atoms with E-state index in [1.54, 1.807) is 6.08 Å². The minimum atomic E-state index is -0.569. The molecule has 164 valence electrons. The van der Waals surface area contributed by atoms with Crippen molar-refractivity contribution in [3.63, 3.8) is 0 Å². The summed E-state index contributed by atoms with van der Waals surface area (Å²) in [6.45, 7) is 2.27. The van der Waals surface area contributed by atoms with Gasteiger partial charge in [-0.05, 0) is 12.8 Å². The molecular formula is C22H44N4O2. The monoisotopic (exact) mass is 396 g/mol. The second-order valence-corrected chi connectivity index (χ2v) is 7.70. The summed E-state index contributed by atoms with van der Waals surface area (Å²) in [4.78, 5) is 23.0. The van der Waals surface area contributed by atoms with E-state index in [-0.39, 0.29) is 18.2 Å². The number of unbranched alkanes of at least 4 members (excludes halogenated alkanes) is 14. The molecule has 0 spiro atoms. The highest BCUT2D eigenvalue weighted by Crippen LogP contribution is 2.14. The van der Waals surface area contributed by atoms with Gasteiger partial charge in [0.25, 0.3) is 0 Å². The fourth-order valence-corrected chi connectivity index (χ4v) is 3.33. The third-order valence-electron chi connectivity index (χ3n) is 5.14. The van der Waals surface area contributed by atoms with Gasteiger partial charge in [-0.3, -0.25) is 20.4 Å². The van der Waals surface area contributed by atoms with Crippen molar-refractivity contribution in [1.29, 1.82) is 0 Å². The van der Waals surface area contributed by atoms with E-state index in [9.17, 15) is 9.59 Å². The molecule has 0 saturated carbocycles. The number of nitrogens with one attached hydrogen (secondary N) is 2. The lowest BCUT2D eigenvalue weighted by molar-refractivity contribution is -0.129. The number of rotatable bonds is 19. The summed E-state index contributed by atoms with van der Waals surface area (Å²) in [5.74, 6) is 8.90. The Kier molecular flexibility index (Phi) is 19.3. The molecular weight excluding hydrogens is 352 g/mol. The number of amides is 2. The standard InChI is InChI=1S/C22H44N4O2/c1-2-3-4-5-6-7-8-9-10-11-12-13-14-15-16-17-18-20(22(28)26-24)19-21(27)25-23/h17-18,20H,2-16,19,23-24H2,1H3,(H,25,27)(H,26,28). The van der Waals surface area contributed by atoms with Crippen LogP contribution in [0.3, 0.4) is 0 Å². The quantitative estimate of drug-likeness (QED) is 0.0852. The second kappa shape index (κ2) is 20.3. The Morgan fingerprint density at radius 3 is 1.64 bits per heavy atom. The van der Waals surface area contributed by atoms with Gasteiger partial charge in [0, 0.05) is 6.42 Å². The molecule has 0 aromatic carbocycles. The molecule has 6 N–H and O–H groups in total. The fraction of sp³-hybridized carbons (Fsp3) is 0.818. The van der Waals surface area contributed by atoms with Crippen LogP contribution in [0.5, 0.6) is 0 Å². The molecule has 1 unspecified atom stereocenters. The first-order valence-electron chi connectivity index (χ1n) is 11.3. The molecule has 0 saturated heterocycles. The van der Waals surface area contributed by atoms with Crippen LogP contribution < -0.4 is 22.5 Å². The maximum atomic E-state index is 11.6. The van der Waals surface area contributed by atoms with E-state index in [1.807, 2.05) is 11.5 Å². The smallest absolute Gasteiger partial charge is 0.241 e. The molecule has 28 heavy (non-hydrogen) atoms. The van der Waals surface area contributed by atoms with Gasteiger partial charge in [-0.15, -0.1) is 0 Å². The van der Waals surface area contributed by atoms with Crippen LogP contribution in [-0.4, -0.2) is 11.8 Å². The molecule has 0 heterocycles. The van der Waals surface area contributed by atoms with Crippen molar-refractivity contribution in [1.82, 2.24) is 10.9 Å². The third-order valence-corrected chi connectivity index (χ3v) is 5.14. The van der Waals surface area contributed by atoms with Crippen LogP contribution in [-0.2, 0) is 9.59 Å². The molecule has 2 amide bonds. The number of nitrogens with two attached hydrogens (primary N) is 2. The molecule has 0 radical (unpaired) electrons. The Morgan fingerprint density at radius 1 is 0.750 bits per heavy atom. The Labute approximate surface area is 172 Å². The zero-order valence-corrected chi connectivity index (χ0v) is 18.0. The zero-order valence-electron chi connectivity index (χ0n) is 18.0. The molecule has 6 heteroatoms. The maximum Gasteiger partial charge on any atom is 0.241 e. The van der Waals surface area contributed by atoms with Gasteiger partial charge in [0.2, 0.25) is 11.8 Å². The maximum absolute atomic E-state index is 11.6. The van der Waals surface area contributed by atoms with Crippen molar-refractivity contribution < 1.29 is 9.59 Å². The minimum Gasteiger partial charge on any atom is -0.294 e. The Bertz CT molecular complexity index is 413. The molecule has 0 bridgehead atoms. The van der Waals surface area contributed by atoms with E-state index in [4.69, 9.17) is 11.7 Å². The van der Waals surface area contributed by atoms with Gasteiger partial charge in [-0.25, -0.2) is 11.7 Å². The van der Waals surface area contributed by atoms with Crippen molar-refractivity contribution >= 4 is 11.8 Å². The van der Waals surface area contributed by atoms with Gasteiger partial charge in [0.15, 0.2) is 0 Å². The van der Waals surface area contributed by atoms with Crippen LogP contribution in [0.4, 0.5) is 0 Å². The summed E-state index contributed by atoms with van der Waals surface area (Å²) in [7, 11) is 0. The first-order valence-corrected chi connectivity index (χ1v) is 11.3. The number of hydrazine groups is 2. The average molecular weight is 397 g/mol. The normalized spacial score (nSPS) is 12.2. The highest BCUT2D eigenvalue weighted by molar-refractivity contribution is 5.86. The molecule has 0 aliphatic rings. The highest BCUT2D eigenvalue weighted by Gasteiger charge is 2.17. The summed E-state index contributed by atoms with van der Waals surface area (Å²) in [6.07, 6.45) is 23.4. The van der Waals surface area contributed by atoms with Crippen LogP contribution in [0.2, 0.25) is 0 Å². The van der Waals surface area contributed by atoms with E-state index >= 15 is 0 Å². The minimum absolute atomic E-state index is 0.00870. The van der Waals surface area contributed by atoms with E-state index in [0.717, 1.165) is 12.8 Å². The SMILES string of the molecule is CCCCCCCCCCCCCCCCC=CC(CC(=O)NN)C(=O)NN. The van der Waals surface area contributed by atoms with Crippen molar-refractivity contribution in [2.75, 3.05) is 0 Å². The molecule has 0 aliphatic carbocycles. The third kappa shape index (κ3) is 16.8. The predicted molar refractivity (Wildman–Crippen MR) is 117 cm³/mol. The molecule has 0 rings (SSSR count). The van der Waals surface area contributed by atoms with Crippen LogP contribution in [0.15, 0.2) is 12.2 Å². The number of allylic oxidation sites excluding steroid dienone is 1. The summed E-state index contributed by atoms with van der Waals surface area (Å²) in [5.41, 5.74) is 4.13. The van der Waals surface area contributed by atoms with E-state index < -0.39 is 5.92 Å². The Morgan fingerprint density at radius 2 is 1.21 bits per heavy atom. The topological polar surface area (TPSA) is 110 Å². The van der Waals surface area contributed by atoms with Crippen LogP contribution in [0, 0.1) is 5.92 Å². The molecule has 0 fully saturated rings. The number of hydrogen-bond donors (Lipinski definition) is 4. The number of hydrogen-bond acceptors (Lipinski definition) is 4. The predicted octanol–water partition coefficient (Wildman–Crippen LogP) is 4.40. The summed E-state index contributed by atoms with van der Waals surface area (Å²) in [5, 5.41) is 0. The van der Waals surface area contributed by atoms with Gasteiger partial charge in [-0.1, -0.05) is 103 Å². The lowest BCUT2D eigenvalue weighted by Crippen LogP contribution is -2.39. The lowest BCUT2D eigenvalue weighted by Gasteiger charge is -2.09. The van der Waals surface area contributed by atoms with Crippen LogP contribution >= 0.6 is 0 Å². The highest BCUT2D eigenvalue weighted by atomic mass is 16.2. The zero-order chi connectivity index (χ0) is 20.9. The van der Waals surface area contributed by atoms with E-state index in [1.165, 1.54) is 83.5 Å². The van der Waals surface area contributed by atoms with Crippen molar-refractivity contribution in [2.24, 2.45) is 17.6 Å². The molecule has 6 nitrogen and oxygen atoms in total. The summed E-state index contributed by atoms with van der Waals surface area (Å²) in [6, 6.07) is 0.